The zero-order valence-corrected chi connectivity index (χ0v) is 11.5. The van der Waals surface area contributed by atoms with Crippen LogP contribution in [-0.2, 0) is 4.74 Å². The van der Waals surface area contributed by atoms with Gasteiger partial charge >= 0.3 is 0 Å². The number of methoxy groups -OCH3 is 1. The maximum atomic E-state index is 5.74. The van der Waals surface area contributed by atoms with Crippen LogP contribution in [0.2, 0.25) is 0 Å². The van der Waals surface area contributed by atoms with E-state index in [2.05, 4.69) is 49.6 Å². The summed E-state index contributed by atoms with van der Waals surface area (Å²) >= 11 is 0. The molecule has 4 unspecified atom stereocenters. The van der Waals surface area contributed by atoms with Gasteiger partial charge in [0.05, 0.1) is 12.1 Å². The third kappa shape index (κ3) is 2.74. The summed E-state index contributed by atoms with van der Waals surface area (Å²) in [6.45, 7) is 4.36. The van der Waals surface area contributed by atoms with Gasteiger partial charge in [0.1, 0.15) is 0 Å². The van der Waals surface area contributed by atoms with Gasteiger partial charge in [-0.3, -0.25) is 11.3 Å². The summed E-state index contributed by atoms with van der Waals surface area (Å²) in [6.07, 6.45) is 1.37. The molecule has 0 saturated heterocycles. The second-order valence-corrected chi connectivity index (χ2v) is 5.55. The van der Waals surface area contributed by atoms with Gasteiger partial charge in [0.15, 0.2) is 0 Å². The maximum Gasteiger partial charge on any atom is 0.0763 e. The van der Waals surface area contributed by atoms with Crippen LogP contribution in [-0.4, -0.2) is 19.3 Å². The Kier molecular flexibility index (Phi) is 4.38. The van der Waals surface area contributed by atoms with Crippen LogP contribution in [0.5, 0.6) is 0 Å². The number of benzene rings is 1. The maximum absolute atomic E-state index is 5.74. The molecule has 18 heavy (non-hydrogen) atoms. The van der Waals surface area contributed by atoms with Crippen LogP contribution in [0.4, 0.5) is 0 Å². The van der Waals surface area contributed by atoms with Crippen molar-refractivity contribution in [1.29, 1.82) is 0 Å². The Balaban J connectivity index is 2.04. The van der Waals surface area contributed by atoms with Crippen molar-refractivity contribution >= 4 is 0 Å². The first-order valence-corrected chi connectivity index (χ1v) is 6.73. The summed E-state index contributed by atoms with van der Waals surface area (Å²) in [5, 5.41) is 0. The predicted octanol–water partition coefficient (Wildman–Crippen LogP) is 2.29. The molecule has 3 N–H and O–H groups in total. The van der Waals surface area contributed by atoms with Crippen LogP contribution in [0.1, 0.15) is 31.7 Å². The molecule has 4 atom stereocenters. The number of hydrazine groups is 1. The largest absolute Gasteiger partial charge is 0.380 e. The van der Waals surface area contributed by atoms with Gasteiger partial charge in [-0.05, 0) is 29.7 Å². The van der Waals surface area contributed by atoms with E-state index < -0.39 is 0 Å². The molecule has 1 aliphatic rings. The molecule has 2 rings (SSSR count). The number of nitrogens with one attached hydrogen (secondary N) is 1. The van der Waals surface area contributed by atoms with Crippen molar-refractivity contribution in [2.45, 2.75) is 38.3 Å². The van der Waals surface area contributed by atoms with Gasteiger partial charge in [-0.2, -0.15) is 0 Å². The fourth-order valence-electron chi connectivity index (χ4n) is 2.99. The molecule has 0 amide bonds. The molecule has 3 nitrogen and oxygen atoms in total. The summed E-state index contributed by atoms with van der Waals surface area (Å²) in [7, 11) is 1.77. The summed E-state index contributed by atoms with van der Waals surface area (Å²) in [6, 6.07) is 10.9. The first kappa shape index (κ1) is 13.5. The highest BCUT2D eigenvalue weighted by Crippen LogP contribution is 2.50. The third-order valence-corrected chi connectivity index (χ3v) is 4.00. The van der Waals surface area contributed by atoms with Gasteiger partial charge in [-0.15, -0.1) is 0 Å². The Morgan fingerprint density at radius 1 is 1.28 bits per heavy atom. The van der Waals surface area contributed by atoms with Crippen LogP contribution in [0.3, 0.4) is 0 Å². The molecular formula is C15H24N2O. The van der Waals surface area contributed by atoms with Crippen molar-refractivity contribution in [3.8, 4) is 0 Å². The monoisotopic (exact) mass is 248 g/mol. The molecule has 0 aliphatic heterocycles. The smallest absolute Gasteiger partial charge is 0.0763 e. The molecule has 1 saturated carbocycles. The number of ether oxygens (including phenoxy) is 1. The molecule has 0 heterocycles. The highest BCUT2D eigenvalue weighted by molar-refractivity contribution is 5.27. The number of rotatable bonds is 6. The zero-order chi connectivity index (χ0) is 13.1. The highest BCUT2D eigenvalue weighted by Gasteiger charge is 2.46. The van der Waals surface area contributed by atoms with Crippen LogP contribution in [0.25, 0.3) is 0 Å². The second kappa shape index (κ2) is 5.83. The Labute approximate surface area is 110 Å². The molecular weight excluding hydrogens is 224 g/mol. The summed E-state index contributed by atoms with van der Waals surface area (Å²) in [5.74, 6) is 7.42. The Morgan fingerprint density at radius 2 is 1.94 bits per heavy atom. The fourth-order valence-corrected chi connectivity index (χ4v) is 2.99. The molecule has 3 heteroatoms. The molecule has 0 bridgehead atoms. The predicted molar refractivity (Wildman–Crippen MR) is 74.0 cm³/mol. The molecule has 100 valence electrons. The van der Waals surface area contributed by atoms with Crippen molar-refractivity contribution in [3.63, 3.8) is 0 Å². The van der Waals surface area contributed by atoms with E-state index in [4.69, 9.17) is 10.6 Å². The first-order chi connectivity index (χ1) is 8.69. The Hall–Kier alpha value is -0.900. The van der Waals surface area contributed by atoms with Crippen molar-refractivity contribution in [1.82, 2.24) is 5.43 Å². The SMILES string of the molecule is COC(C(C)C)C(NN)C1CC1c1ccccc1. The van der Waals surface area contributed by atoms with Crippen molar-refractivity contribution in [2.24, 2.45) is 17.7 Å². The molecule has 0 aromatic heterocycles. The van der Waals surface area contributed by atoms with E-state index in [9.17, 15) is 0 Å². The van der Waals surface area contributed by atoms with Crippen LogP contribution >= 0.6 is 0 Å². The normalized spacial score (nSPS) is 26.1. The minimum absolute atomic E-state index is 0.175. The van der Waals surface area contributed by atoms with Gasteiger partial charge in [-0.1, -0.05) is 44.2 Å². The number of nitrogens with two attached hydrogens (primary N) is 1. The lowest BCUT2D eigenvalue weighted by Gasteiger charge is -2.29. The topological polar surface area (TPSA) is 47.3 Å². The second-order valence-electron chi connectivity index (χ2n) is 5.55. The fraction of sp³-hybridized carbons (Fsp3) is 0.600. The van der Waals surface area contributed by atoms with E-state index in [1.165, 1.54) is 12.0 Å². The zero-order valence-electron chi connectivity index (χ0n) is 11.5. The van der Waals surface area contributed by atoms with Gasteiger partial charge in [0.2, 0.25) is 0 Å². The number of hydrogen-bond donors (Lipinski definition) is 2. The summed E-state index contributed by atoms with van der Waals surface area (Å²) in [4.78, 5) is 0. The lowest BCUT2D eigenvalue weighted by atomic mass is 9.94. The lowest BCUT2D eigenvalue weighted by molar-refractivity contribution is 0.0260. The molecule has 1 aromatic rings. The molecule has 1 aromatic carbocycles. The van der Waals surface area contributed by atoms with Gasteiger partial charge in [0, 0.05) is 7.11 Å². The molecule has 0 radical (unpaired) electrons. The van der Waals surface area contributed by atoms with Gasteiger partial charge < -0.3 is 4.74 Å². The Morgan fingerprint density at radius 3 is 2.44 bits per heavy atom. The van der Waals surface area contributed by atoms with E-state index in [0.717, 1.165) is 0 Å². The van der Waals surface area contributed by atoms with Crippen LogP contribution < -0.4 is 11.3 Å². The average molecular weight is 248 g/mol. The Bertz CT molecular complexity index is 366. The van der Waals surface area contributed by atoms with Crippen molar-refractivity contribution < 1.29 is 4.74 Å². The summed E-state index contributed by atoms with van der Waals surface area (Å²) < 4.78 is 5.61. The van der Waals surface area contributed by atoms with Crippen LogP contribution in [0.15, 0.2) is 30.3 Å². The van der Waals surface area contributed by atoms with Gasteiger partial charge in [-0.25, -0.2) is 0 Å². The lowest BCUT2D eigenvalue weighted by Crippen LogP contribution is -2.48. The molecule has 1 fully saturated rings. The number of hydrogen-bond acceptors (Lipinski definition) is 3. The van der Waals surface area contributed by atoms with E-state index >= 15 is 0 Å². The minimum atomic E-state index is 0.175. The molecule has 1 aliphatic carbocycles. The van der Waals surface area contributed by atoms with E-state index in [-0.39, 0.29) is 12.1 Å². The first-order valence-electron chi connectivity index (χ1n) is 6.73. The van der Waals surface area contributed by atoms with Gasteiger partial charge in [0.25, 0.3) is 0 Å². The van der Waals surface area contributed by atoms with E-state index in [1.807, 2.05) is 0 Å². The quantitative estimate of drug-likeness (QED) is 0.600. The standard InChI is InChI=1S/C15H24N2O/c1-10(2)15(18-3)14(17-16)13-9-12(13)11-7-5-4-6-8-11/h4-8,10,12-15,17H,9,16H2,1-3H3. The van der Waals surface area contributed by atoms with Crippen molar-refractivity contribution in [2.75, 3.05) is 7.11 Å². The van der Waals surface area contributed by atoms with Crippen LogP contribution in [0, 0.1) is 11.8 Å². The molecule has 0 spiro atoms. The minimum Gasteiger partial charge on any atom is -0.380 e. The van der Waals surface area contributed by atoms with Crippen molar-refractivity contribution in [3.05, 3.63) is 35.9 Å². The van der Waals surface area contributed by atoms with E-state index in [1.54, 1.807) is 7.11 Å². The average Bonchev–Trinajstić information content (AvgIpc) is 3.16. The third-order valence-electron chi connectivity index (χ3n) is 4.00. The highest BCUT2D eigenvalue weighted by atomic mass is 16.5. The summed E-state index contributed by atoms with van der Waals surface area (Å²) in [5.41, 5.74) is 4.39. The van der Waals surface area contributed by atoms with E-state index in [0.29, 0.717) is 17.8 Å².